The molecule has 1 saturated heterocycles. The van der Waals surface area contributed by atoms with Gasteiger partial charge >= 0.3 is 0 Å². The van der Waals surface area contributed by atoms with E-state index in [2.05, 4.69) is 5.32 Å². The lowest BCUT2D eigenvalue weighted by molar-refractivity contribution is 0.376. The summed E-state index contributed by atoms with van der Waals surface area (Å²) in [5.74, 6) is -0.467. The van der Waals surface area contributed by atoms with Gasteiger partial charge in [0.05, 0.1) is 5.02 Å². The zero-order valence-corrected chi connectivity index (χ0v) is 9.94. The van der Waals surface area contributed by atoms with Crippen LogP contribution in [0.5, 0.6) is 5.75 Å². The number of halogens is 2. The van der Waals surface area contributed by atoms with Crippen molar-refractivity contribution in [2.75, 3.05) is 6.54 Å². The first kappa shape index (κ1) is 11.7. The minimum Gasteiger partial charge on any atom is -0.506 e. The molecule has 0 aliphatic carbocycles. The predicted octanol–water partition coefficient (Wildman–Crippen LogP) is 3.31. The molecule has 16 heavy (non-hydrogen) atoms. The highest BCUT2D eigenvalue weighted by Gasteiger charge is 2.24. The Bertz CT molecular complexity index is 376. The zero-order chi connectivity index (χ0) is 11.7. The Morgan fingerprint density at radius 1 is 1.50 bits per heavy atom. The number of aryl methyl sites for hydroxylation is 1. The van der Waals surface area contributed by atoms with Crippen molar-refractivity contribution in [2.24, 2.45) is 0 Å². The van der Waals surface area contributed by atoms with Gasteiger partial charge in [-0.2, -0.15) is 0 Å². The average Bonchev–Trinajstić information content (AvgIpc) is 2.28. The summed E-state index contributed by atoms with van der Waals surface area (Å²) in [5, 5.41) is 13.3. The molecule has 1 aliphatic rings. The van der Waals surface area contributed by atoms with Gasteiger partial charge in [0.15, 0.2) is 0 Å². The van der Waals surface area contributed by atoms with Gasteiger partial charge in [0.2, 0.25) is 0 Å². The van der Waals surface area contributed by atoms with Gasteiger partial charge in [-0.15, -0.1) is 0 Å². The van der Waals surface area contributed by atoms with E-state index in [1.54, 1.807) is 6.92 Å². The summed E-state index contributed by atoms with van der Waals surface area (Å²) in [4.78, 5) is 0. The first-order valence-corrected chi connectivity index (χ1v) is 5.90. The Balaban J connectivity index is 2.45. The number of nitrogens with one attached hydrogen (secondary N) is 1. The molecule has 88 valence electrons. The maximum atomic E-state index is 14.0. The molecule has 4 heteroatoms. The molecule has 1 atom stereocenters. The monoisotopic (exact) mass is 243 g/mol. The van der Waals surface area contributed by atoms with Crippen LogP contribution < -0.4 is 5.32 Å². The van der Waals surface area contributed by atoms with Crippen LogP contribution in [0.3, 0.4) is 0 Å². The summed E-state index contributed by atoms with van der Waals surface area (Å²) in [7, 11) is 0. The Morgan fingerprint density at radius 3 is 2.88 bits per heavy atom. The third kappa shape index (κ3) is 2.02. The van der Waals surface area contributed by atoms with Crippen molar-refractivity contribution in [2.45, 2.75) is 32.2 Å². The minimum atomic E-state index is -0.346. The van der Waals surface area contributed by atoms with Gasteiger partial charge < -0.3 is 10.4 Å². The molecule has 1 aromatic carbocycles. The lowest BCUT2D eigenvalue weighted by Gasteiger charge is -2.25. The zero-order valence-electron chi connectivity index (χ0n) is 9.19. The number of benzene rings is 1. The molecule has 1 aromatic rings. The molecule has 1 aliphatic heterocycles. The SMILES string of the molecule is Cc1cc(Cl)c(O)c(C2CCCCN2)c1F. The molecule has 0 aromatic heterocycles. The van der Waals surface area contributed by atoms with E-state index in [0.29, 0.717) is 11.1 Å². The fraction of sp³-hybridized carbons (Fsp3) is 0.500. The number of hydrogen-bond donors (Lipinski definition) is 2. The van der Waals surface area contributed by atoms with Crippen molar-refractivity contribution in [1.29, 1.82) is 0 Å². The fourth-order valence-corrected chi connectivity index (χ4v) is 2.45. The van der Waals surface area contributed by atoms with Crippen LogP contribution in [-0.4, -0.2) is 11.7 Å². The van der Waals surface area contributed by atoms with Crippen LogP contribution in [0.2, 0.25) is 5.02 Å². The molecule has 0 radical (unpaired) electrons. The summed E-state index contributed by atoms with van der Waals surface area (Å²) in [5.41, 5.74) is 0.801. The molecule has 0 bridgehead atoms. The molecule has 1 heterocycles. The Morgan fingerprint density at radius 2 is 2.25 bits per heavy atom. The van der Waals surface area contributed by atoms with Gasteiger partial charge in [-0.1, -0.05) is 18.0 Å². The van der Waals surface area contributed by atoms with Crippen LogP contribution in [-0.2, 0) is 0 Å². The molecule has 0 saturated carbocycles. The van der Waals surface area contributed by atoms with E-state index in [-0.39, 0.29) is 22.6 Å². The Kier molecular flexibility index (Phi) is 3.36. The largest absolute Gasteiger partial charge is 0.506 e. The number of rotatable bonds is 1. The number of phenolic OH excluding ortho intramolecular Hbond substituents is 1. The van der Waals surface area contributed by atoms with E-state index in [1.165, 1.54) is 6.07 Å². The average molecular weight is 244 g/mol. The van der Waals surface area contributed by atoms with Crippen LogP contribution >= 0.6 is 11.6 Å². The van der Waals surface area contributed by atoms with Crippen molar-refractivity contribution < 1.29 is 9.50 Å². The fourth-order valence-electron chi connectivity index (χ4n) is 2.18. The van der Waals surface area contributed by atoms with Crippen LogP contribution in [0.4, 0.5) is 4.39 Å². The second-order valence-corrected chi connectivity index (χ2v) is 4.66. The molecule has 2 N–H and O–H groups in total. The summed E-state index contributed by atoms with van der Waals surface area (Å²) < 4.78 is 14.0. The van der Waals surface area contributed by atoms with E-state index in [9.17, 15) is 9.50 Å². The number of aromatic hydroxyl groups is 1. The van der Waals surface area contributed by atoms with E-state index >= 15 is 0 Å². The van der Waals surface area contributed by atoms with Crippen LogP contribution in [0.25, 0.3) is 0 Å². The highest BCUT2D eigenvalue weighted by atomic mass is 35.5. The second kappa shape index (κ2) is 4.60. The normalized spacial score (nSPS) is 21.1. The summed E-state index contributed by atoms with van der Waals surface area (Å²) >= 11 is 5.87. The van der Waals surface area contributed by atoms with E-state index in [1.807, 2.05) is 0 Å². The second-order valence-electron chi connectivity index (χ2n) is 4.25. The van der Waals surface area contributed by atoms with Crippen molar-refractivity contribution in [3.63, 3.8) is 0 Å². The third-order valence-corrected chi connectivity index (χ3v) is 3.35. The van der Waals surface area contributed by atoms with E-state index < -0.39 is 0 Å². The summed E-state index contributed by atoms with van der Waals surface area (Å²) in [6, 6.07) is 1.34. The van der Waals surface area contributed by atoms with Crippen LogP contribution in [0, 0.1) is 12.7 Å². The number of hydrogen-bond acceptors (Lipinski definition) is 2. The maximum Gasteiger partial charge on any atom is 0.141 e. The van der Waals surface area contributed by atoms with Crippen LogP contribution in [0.1, 0.15) is 36.4 Å². The molecule has 1 fully saturated rings. The topological polar surface area (TPSA) is 32.3 Å². The summed E-state index contributed by atoms with van der Waals surface area (Å²) in [6.45, 7) is 2.52. The molecule has 2 rings (SSSR count). The van der Waals surface area contributed by atoms with Gasteiger partial charge in [0.25, 0.3) is 0 Å². The van der Waals surface area contributed by atoms with Gasteiger partial charge in [0, 0.05) is 11.6 Å². The number of phenols is 1. The highest BCUT2D eigenvalue weighted by Crippen LogP contribution is 2.38. The smallest absolute Gasteiger partial charge is 0.141 e. The van der Waals surface area contributed by atoms with Crippen molar-refractivity contribution in [3.8, 4) is 5.75 Å². The maximum absolute atomic E-state index is 14.0. The molecular weight excluding hydrogens is 229 g/mol. The highest BCUT2D eigenvalue weighted by molar-refractivity contribution is 6.32. The molecule has 1 unspecified atom stereocenters. The van der Waals surface area contributed by atoms with Crippen molar-refractivity contribution in [3.05, 3.63) is 28.0 Å². The molecule has 0 spiro atoms. The summed E-state index contributed by atoms with van der Waals surface area (Å²) in [6.07, 6.45) is 2.98. The Labute approximate surface area is 99.4 Å². The van der Waals surface area contributed by atoms with Gasteiger partial charge in [-0.25, -0.2) is 4.39 Å². The van der Waals surface area contributed by atoms with Crippen LogP contribution in [0.15, 0.2) is 6.07 Å². The van der Waals surface area contributed by atoms with Gasteiger partial charge in [0.1, 0.15) is 11.6 Å². The minimum absolute atomic E-state index is 0.119. The Hall–Kier alpha value is -0.800. The molecule has 0 amide bonds. The lowest BCUT2D eigenvalue weighted by Crippen LogP contribution is -2.27. The van der Waals surface area contributed by atoms with Crippen molar-refractivity contribution in [1.82, 2.24) is 5.32 Å². The van der Waals surface area contributed by atoms with E-state index in [0.717, 1.165) is 25.8 Å². The lowest BCUT2D eigenvalue weighted by atomic mass is 9.95. The first-order chi connectivity index (χ1) is 7.61. The quantitative estimate of drug-likeness (QED) is 0.793. The van der Waals surface area contributed by atoms with Crippen molar-refractivity contribution >= 4 is 11.6 Å². The number of piperidine rings is 1. The standard InChI is InChI=1S/C12H15ClFNO/c1-7-6-8(13)12(16)10(11(7)14)9-4-2-3-5-15-9/h6,9,15-16H,2-5H2,1H3. The van der Waals surface area contributed by atoms with Gasteiger partial charge in [-0.05, 0) is 37.9 Å². The molecular formula is C12H15ClFNO. The molecule has 2 nitrogen and oxygen atoms in total. The van der Waals surface area contributed by atoms with E-state index in [4.69, 9.17) is 11.6 Å². The third-order valence-electron chi connectivity index (χ3n) is 3.07. The predicted molar refractivity (Wildman–Crippen MR) is 62.4 cm³/mol. The first-order valence-electron chi connectivity index (χ1n) is 5.52. The van der Waals surface area contributed by atoms with Gasteiger partial charge in [-0.3, -0.25) is 0 Å².